The van der Waals surface area contributed by atoms with E-state index in [1.165, 1.54) is 25.9 Å². The van der Waals surface area contributed by atoms with Crippen LogP contribution < -0.4 is 5.32 Å². The molecule has 1 fully saturated rings. The minimum atomic E-state index is -0.109. The van der Waals surface area contributed by atoms with Gasteiger partial charge in [0.25, 0.3) is 0 Å². The van der Waals surface area contributed by atoms with Gasteiger partial charge in [0.1, 0.15) is 0 Å². The fourth-order valence-electron chi connectivity index (χ4n) is 2.99. The molecule has 0 aromatic rings. The Balaban J connectivity index is 2.24. The van der Waals surface area contributed by atoms with E-state index in [2.05, 4.69) is 43.1 Å². The third-order valence-electron chi connectivity index (χ3n) is 4.50. The van der Waals surface area contributed by atoms with Crippen molar-refractivity contribution in [1.82, 2.24) is 15.1 Å². The van der Waals surface area contributed by atoms with Crippen molar-refractivity contribution in [3.63, 3.8) is 0 Å². The predicted molar refractivity (Wildman–Crippen MR) is 81.6 cm³/mol. The van der Waals surface area contributed by atoms with Crippen LogP contribution >= 0.6 is 0 Å². The van der Waals surface area contributed by atoms with Gasteiger partial charge >= 0.3 is 0 Å². The first-order chi connectivity index (χ1) is 9.00. The smallest absolute Gasteiger partial charge is 0.0610 e. The van der Waals surface area contributed by atoms with Crippen LogP contribution in [0.1, 0.15) is 39.5 Å². The summed E-state index contributed by atoms with van der Waals surface area (Å²) in [6.07, 6.45) is 4.76. The van der Waals surface area contributed by atoms with E-state index in [4.69, 9.17) is 0 Å². The maximum atomic E-state index is 9.48. The summed E-state index contributed by atoms with van der Waals surface area (Å²) < 4.78 is 0. The molecule has 1 unspecified atom stereocenters. The van der Waals surface area contributed by atoms with Gasteiger partial charge in [-0.25, -0.2) is 0 Å². The quantitative estimate of drug-likeness (QED) is 0.695. The second-order valence-corrected chi connectivity index (χ2v) is 6.37. The summed E-state index contributed by atoms with van der Waals surface area (Å²) in [6.45, 7) is 8.93. The number of aliphatic hydroxyl groups excluding tert-OH is 1. The number of piperidine rings is 1. The van der Waals surface area contributed by atoms with Crippen LogP contribution in [-0.4, -0.2) is 73.4 Å². The van der Waals surface area contributed by atoms with Gasteiger partial charge in [-0.15, -0.1) is 0 Å². The molecular weight excluding hydrogens is 238 g/mol. The molecule has 1 aliphatic heterocycles. The SMILES string of the molecule is CCNC(C)(CO)CCCN(C)C1CCN(C)CC1. The monoisotopic (exact) mass is 271 g/mol. The number of hydrogen-bond donors (Lipinski definition) is 2. The van der Waals surface area contributed by atoms with Gasteiger partial charge in [-0.3, -0.25) is 0 Å². The molecule has 1 heterocycles. The van der Waals surface area contributed by atoms with E-state index in [1.54, 1.807) is 0 Å². The molecule has 1 rings (SSSR count). The molecule has 114 valence electrons. The number of nitrogens with zero attached hydrogens (tertiary/aromatic N) is 2. The molecule has 1 aliphatic rings. The highest BCUT2D eigenvalue weighted by Gasteiger charge is 2.23. The molecule has 19 heavy (non-hydrogen) atoms. The van der Waals surface area contributed by atoms with Crippen LogP contribution in [-0.2, 0) is 0 Å². The first kappa shape index (κ1) is 16.9. The first-order valence-electron chi connectivity index (χ1n) is 7.75. The minimum Gasteiger partial charge on any atom is -0.394 e. The molecule has 0 aromatic heterocycles. The van der Waals surface area contributed by atoms with Gasteiger partial charge in [-0.05, 0) is 72.9 Å². The van der Waals surface area contributed by atoms with Crippen molar-refractivity contribution < 1.29 is 5.11 Å². The third-order valence-corrected chi connectivity index (χ3v) is 4.50. The number of aliphatic hydroxyl groups is 1. The highest BCUT2D eigenvalue weighted by Crippen LogP contribution is 2.16. The van der Waals surface area contributed by atoms with Crippen LogP contribution in [0.3, 0.4) is 0 Å². The molecule has 0 spiro atoms. The Kier molecular flexibility index (Phi) is 7.29. The lowest BCUT2D eigenvalue weighted by Crippen LogP contribution is -2.46. The Labute approximate surface area is 119 Å². The van der Waals surface area contributed by atoms with Crippen molar-refractivity contribution in [3.05, 3.63) is 0 Å². The van der Waals surface area contributed by atoms with Crippen LogP contribution in [0.2, 0.25) is 0 Å². The second-order valence-electron chi connectivity index (χ2n) is 6.37. The highest BCUT2D eigenvalue weighted by molar-refractivity contribution is 4.83. The van der Waals surface area contributed by atoms with Crippen molar-refractivity contribution in [3.8, 4) is 0 Å². The molecule has 0 saturated carbocycles. The topological polar surface area (TPSA) is 38.7 Å². The van der Waals surface area contributed by atoms with Crippen LogP contribution in [0.25, 0.3) is 0 Å². The van der Waals surface area contributed by atoms with Gasteiger partial charge in [0, 0.05) is 11.6 Å². The molecule has 0 radical (unpaired) electrons. The van der Waals surface area contributed by atoms with Crippen LogP contribution in [0.15, 0.2) is 0 Å². The van der Waals surface area contributed by atoms with Crippen molar-refractivity contribution >= 4 is 0 Å². The first-order valence-corrected chi connectivity index (χ1v) is 7.75. The van der Waals surface area contributed by atoms with Gasteiger partial charge in [-0.2, -0.15) is 0 Å². The standard InChI is InChI=1S/C15H33N3O/c1-5-16-15(2,13-19)9-6-10-18(4)14-7-11-17(3)12-8-14/h14,16,19H,5-13H2,1-4H3. The van der Waals surface area contributed by atoms with E-state index in [0.29, 0.717) is 0 Å². The van der Waals surface area contributed by atoms with E-state index in [9.17, 15) is 5.11 Å². The Morgan fingerprint density at radius 3 is 2.53 bits per heavy atom. The van der Waals surface area contributed by atoms with E-state index >= 15 is 0 Å². The fourth-order valence-corrected chi connectivity index (χ4v) is 2.99. The summed E-state index contributed by atoms with van der Waals surface area (Å²) >= 11 is 0. The zero-order valence-electron chi connectivity index (χ0n) is 13.3. The molecule has 4 nitrogen and oxygen atoms in total. The molecular formula is C15H33N3O. The molecule has 0 bridgehead atoms. The van der Waals surface area contributed by atoms with E-state index in [-0.39, 0.29) is 12.1 Å². The average Bonchev–Trinajstić information content (AvgIpc) is 2.39. The van der Waals surface area contributed by atoms with Crippen molar-refractivity contribution in [2.75, 3.05) is 46.9 Å². The van der Waals surface area contributed by atoms with Crippen LogP contribution in [0.4, 0.5) is 0 Å². The van der Waals surface area contributed by atoms with Crippen molar-refractivity contribution in [2.24, 2.45) is 0 Å². The number of nitrogens with one attached hydrogen (secondary N) is 1. The Morgan fingerprint density at radius 1 is 1.37 bits per heavy atom. The van der Waals surface area contributed by atoms with Crippen LogP contribution in [0.5, 0.6) is 0 Å². The summed E-state index contributed by atoms with van der Waals surface area (Å²) in [4.78, 5) is 4.93. The lowest BCUT2D eigenvalue weighted by Gasteiger charge is -2.36. The van der Waals surface area contributed by atoms with Gasteiger partial charge < -0.3 is 20.2 Å². The summed E-state index contributed by atoms with van der Waals surface area (Å²) in [5.41, 5.74) is -0.109. The lowest BCUT2D eigenvalue weighted by atomic mass is 9.96. The highest BCUT2D eigenvalue weighted by atomic mass is 16.3. The number of rotatable bonds is 8. The Hall–Kier alpha value is -0.160. The minimum absolute atomic E-state index is 0.109. The summed E-state index contributed by atoms with van der Waals surface area (Å²) in [6, 6.07) is 0.746. The molecule has 0 aromatic carbocycles. The van der Waals surface area contributed by atoms with Crippen LogP contribution in [0, 0.1) is 0 Å². The summed E-state index contributed by atoms with van der Waals surface area (Å²) in [5.74, 6) is 0. The Bertz CT molecular complexity index is 242. The largest absolute Gasteiger partial charge is 0.394 e. The zero-order chi connectivity index (χ0) is 14.3. The lowest BCUT2D eigenvalue weighted by molar-refractivity contribution is 0.129. The van der Waals surface area contributed by atoms with E-state index < -0.39 is 0 Å². The Morgan fingerprint density at radius 2 is 2.00 bits per heavy atom. The van der Waals surface area contributed by atoms with Crippen molar-refractivity contribution in [2.45, 2.75) is 51.1 Å². The molecule has 4 heteroatoms. The summed E-state index contributed by atoms with van der Waals surface area (Å²) in [5, 5.41) is 12.9. The normalized spacial score (nSPS) is 21.8. The van der Waals surface area contributed by atoms with Crippen molar-refractivity contribution in [1.29, 1.82) is 0 Å². The summed E-state index contributed by atoms with van der Waals surface area (Å²) in [7, 11) is 4.46. The molecule has 2 N–H and O–H groups in total. The van der Waals surface area contributed by atoms with Gasteiger partial charge in [-0.1, -0.05) is 6.92 Å². The third kappa shape index (κ3) is 5.78. The number of hydrogen-bond acceptors (Lipinski definition) is 4. The van der Waals surface area contributed by atoms with Gasteiger partial charge in [0.15, 0.2) is 0 Å². The average molecular weight is 271 g/mol. The van der Waals surface area contributed by atoms with Gasteiger partial charge in [0.05, 0.1) is 6.61 Å². The fraction of sp³-hybridized carbons (Fsp3) is 1.00. The number of likely N-dealkylation sites (N-methyl/N-ethyl adjacent to an activating group) is 1. The molecule has 0 aliphatic carbocycles. The van der Waals surface area contributed by atoms with E-state index in [1.807, 2.05) is 0 Å². The van der Waals surface area contributed by atoms with Gasteiger partial charge in [0.2, 0.25) is 0 Å². The molecule has 1 saturated heterocycles. The molecule has 1 atom stereocenters. The van der Waals surface area contributed by atoms with E-state index in [0.717, 1.165) is 32.0 Å². The second kappa shape index (κ2) is 8.20. The zero-order valence-corrected chi connectivity index (χ0v) is 13.3. The maximum Gasteiger partial charge on any atom is 0.0610 e. The number of likely N-dealkylation sites (tertiary alicyclic amines) is 1. The predicted octanol–water partition coefficient (Wildman–Crippen LogP) is 1.15. The maximum absolute atomic E-state index is 9.48. The molecule has 0 amide bonds.